The number of hydrogen-bond acceptors (Lipinski definition) is 8. The van der Waals surface area contributed by atoms with E-state index in [1.807, 2.05) is 27.7 Å². The van der Waals surface area contributed by atoms with Crippen molar-refractivity contribution in [1.82, 2.24) is 30.5 Å². The zero-order valence-electron chi connectivity index (χ0n) is 37.4. The van der Waals surface area contributed by atoms with Crippen LogP contribution in [0.4, 0.5) is 0 Å². The summed E-state index contributed by atoms with van der Waals surface area (Å²) in [6, 6.07) is -2.84. The summed E-state index contributed by atoms with van der Waals surface area (Å²) in [4.78, 5) is 76.6. The molecule has 2 spiro atoms. The van der Waals surface area contributed by atoms with Gasteiger partial charge in [0, 0.05) is 18.0 Å². The molecule has 7 aliphatic rings. The molecule has 0 unspecified atom stereocenters. The summed E-state index contributed by atoms with van der Waals surface area (Å²) in [7, 11) is -3.93. The van der Waals surface area contributed by atoms with E-state index in [0.717, 1.165) is 77.2 Å². The van der Waals surface area contributed by atoms with Crippen LogP contribution in [-0.2, 0) is 34.0 Å². The lowest BCUT2D eigenvalue weighted by molar-refractivity contribution is -0.145. The first-order valence-corrected chi connectivity index (χ1v) is 24.6. The van der Waals surface area contributed by atoms with Crippen molar-refractivity contribution in [2.24, 2.45) is 33.5 Å². The molecule has 0 aromatic heterocycles. The van der Waals surface area contributed by atoms with Gasteiger partial charge in [-0.25, -0.2) is 8.42 Å². The number of likely N-dealkylation sites (tertiary alicyclic amines) is 2. The average Bonchev–Trinajstić information content (AvgIpc) is 4.09. The summed E-state index contributed by atoms with van der Waals surface area (Å²) in [5.41, 5.74) is -2.57. The highest BCUT2D eigenvalue weighted by molar-refractivity contribution is 7.91. The van der Waals surface area contributed by atoms with Gasteiger partial charge in [-0.2, -0.15) is 0 Å². The number of sulfonamides is 1. The van der Waals surface area contributed by atoms with Crippen LogP contribution in [0.3, 0.4) is 0 Å². The number of nitrogens with one attached hydrogen (secondary N) is 4. The van der Waals surface area contributed by atoms with Gasteiger partial charge in [-0.1, -0.05) is 80.1 Å². The smallest absolute Gasteiger partial charge is 0.259 e. The van der Waals surface area contributed by atoms with Crippen LogP contribution in [0.15, 0.2) is 0 Å². The Bertz CT molecular complexity index is 1810. The van der Waals surface area contributed by atoms with E-state index in [1.165, 1.54) is 0 Å². The summed E-state index contributed by atoms with van der Waals surface area (Å²) >= 11 is 0. The van der Waals surface area contributed by atoms with E-state index in [9.17, 15) is 27.6 Å². The molecule has 5 amide bonds. The molecule has 59 heavy (non-hydrogen) atoms. The lowest BCUT2D eigenvalue weighted by atomic mass is 9.73. The van der Waals surface area contributed by atoms with Crippen LogP contribution in [0.1, 0.15) is 165 Å². The van der Waals surface area contributed by atoms with E-state index in [1.54, 1.807) is 11.8 Å². The number of nitrogens with zero attached hydrogens (tertiary/aromatic N) is 2. The fraction of sp³-hybridized carbons (Fsp3) is 0.889. The molecule has 7 rings (SSSR count). The largest absolute Gasteiger partial charge is 0.343 e. The van der Waals surface area contributed by atoms with Crippen molar-refractivity contribution < 1.29 is 32.4 Å². The third-order valence-electron chi connectivity index (χ3n) is 17.2. The van der Waals surface area contributed by atoms with Gasteiger partial charge in [0.15, 0.2) is 0 Å². The monoisotopic (exact) mass is 843 g/mol. The van der Waals surface area contributed by atoms with Gasteiger partial charge in [-0.05, 0) is 120 Å². The zero-order valence-corrected chi connectivity index (χ0v) is 38.2. The molecular weight excluding hydrogens is 769 g/mol. The number of amides is 5. The maximum absolute atomic E-state index is 15.3. The fourth-order valence-corrected chi connectivity index (χ4v) is 13.8. The normalized spacial score (nSPS) is 33.1. The molecule has 5 aliphatic carbocycles. The van der Waals surface area contributed by atoms with Gasteiger partial charge >= 0.3 is 0 Å². The number of hydrogen-bond donors (Lipinski definition) is 4. The topological polar surface area (TPSA) is 174 Å². The zero-order chi connectivity index (χ0) is 43.1. The first-order chi connectivity index (χ1) is 27.5. The minimum Gasteiger partial charge on any atom is -0.343 e. The van der Waals surface area contributed by atoms with Crippen molar-refractivity contribution in [1.29, 1.82) is 0 Å². The molecule has 332 valence electrons. The first kappa shape index (κ1) is 44.3. The number of carbonyl (C=O) groups is 5. The first-order valence-electron chi connectivity index (χ1n) is 23.1. The van der Waals surface area contributed by atoms with Gasteiger partial charge in [-0.15, -0.1) is 0 Å². The Kier molecular flexibility index (Phi) is 11.5. The highest BCUT2D eigenvalue weighted by atomic mass is 32.2. The highest BCUT2D eigenvalue weighted by Crippen LogP contribution is 2.88. The minimum absolute atomic E-state index is 0.00175. The number of fused-ring (bicyclic) bond motifs is 1. The average molecular weight is 843 g/mol. The molecular formula is C45H74N6O7S. The Morgan fingerprint density at radius 3 is 1.95 bits per heavy atom. The predicted octanol–water partition coefficient (Wildman–Crippen LogP) is 4.93. The van der Waals surface area contributed by atoms with E-state index < -0.39 is 55.7 Å². The van der Waals surface area contributed by atoms with Crippen molar-refractivity contribution in [3.05, 3.63) is 0 Å². The second-order valence-electron chi connectivity index (χ2n) is 22.0. The highest BCUT2D eigenvalue weighted by Gasteiger charge is 2.85. The van der Waals surface area contributed by atoms with Crippen LogP contribution in [0.25, 0.3) is 0 Å². The van der Waals surface area contributed by atoms with Crippen LogP contribution >= 0.6 is 0 Å². The van der Waals surface area contributed by atoms with Crippen LogP contribution < -0.4 is 20.7 Å². The Hall–Kier alpha value is -2.74. The summed E-state index contributed by atoms with van der Waals surface area (Å²) < 4.78 is 27.7. The SMILES string of the molecule is CC[C@@H]1C[C@]1(NC(=O)[C@@H]1C[C@@]2(CN1C(=O)[C@@H](NC(=O)[C@@H](NC(=O)[C@@H]1CCCCN1C(C)C)C1CCCCC1)C(C)(C)C)C(C)(C)C21CCC1)C(=O)NS(=O)(=O)C1(C)CC1. The van der Waals surface area contributed by atoms with E-state index in [2.05, 4.69) is 53.3 Å². The molecule has 0 radical (unpaired) electrons. The van der Waals surface area contributed by atoms with E-state index in [0.29, 0.717) is 38.6 Å². The molecule has 13 nitrogen and oxygen atoms in total. The van der Waals surface area contributed by atoms with Crippen molar-refractivity contribution in [3.63, 3.8) is 0 Å². The lowest BCUT2D eigenvalue weighted by Crippen LogP contribution is -2.63. The molecule has 5 saturated carbocycles. The van der Waals surface area contributed by atoms with Gasteiger partial charge in [0.25, 0.3) is 5.91 Å². The summed E-state index contributed by atoms with van der Waals surface area (Å²) in [5, 5.41) is 9.42. The van der Waals surface area contributed by atoms with Gasteiger partial charge in [0.05, 0.1) is 10.8 Å². The Balaban J connectivity index is 1.16. The van der Waals surface area contributed by atoms with Gasteiger partial charge in [0.1, 0.15) is 23.7 Å². The third-order valence-corrected chi connectivity index (χ3v) is 19.3. The molecule has 2 aliphatic heterocycles. The Morgan fingerprint density at radius 1 is 0.780 bits per heavy atom. The molecule has 0 aromatic rings. The maximum atomic E-state index is 15.3. The van der Waals surface area contributed by atoms with Gasteiger partial charge in [-0.3, -0.25) is 33.6 Å². The molecule has 7 fully saturated rings. The van der Waals surface area contributed by atoms with E-state index >= 15 is 4.79 Å². The number of carbonyl (C=O) groups excluding carboxylic acids is 5. The molecule has 0 aromatic carbocycles. The maximum Gasteiger partial charge on any atom is 0.259 e. The van der Waals surface area contributed by atoms with Crippen molar-refractivity contribution >= 4 is 39.6 Å². The van der Waals surface area contributed by atoms with Crippen molar-refractivity contribution in [3.8, 4) is 0 Å². The van der Waals surface area contributed by atoms with Crippen LogP contribution in [0.5, 0.6) is 0 Å². The molecule has 0 bridgehead atoms. The third kappa shape index (κ3) is 7.33. The van der Waals surface area contributed by atoms with Crippen LogP contribution in [0, 0.1) is 33.5 Å². The van der Waals surface area contributed by atoms with E-state index in [4.69, 9.17) is 0 Å². The molecule has 7 atom stereocenters. The minimum atomic E-state index is -3.93. The summed E-state index contributed by atoms with van der Waals surface area (Å²) in [6.07, 6.45) is 12.8. The Morgan fingerprint density at radius 2 is 1.42 bits per heavy atom. The van der Waals surface area contributed by atoms with Crippen LogP contribution in [0.2, 0.25) is 0 Å². The van der Waals surface area contributed by atoms with Crippen molar-refractivity contribution in [2.75, 3.05) is 13.1 Å². The standard InChI is InChI=1S/C45H74N6O7S/c1-10-30-25-45(30,39(56)49-59(57,58)42(9)22-23-42)48-36(53)32-26-44(41(7,8)43(44)20-16-21-43)27-51(32)38(55)34(40(4,5)6)47-37(54)33(29-17-12-11-13-18-29)46-35(52)31-19-14-15-24-50(31)28(2)3/h28-34H,10-27H2,1-9H3,(H,46,52)(H,47,54)(H,48,53)(H,49,56)/t30-,31+,32+,33+,34-,44-,45-/m1/s1. The number of piperidine rings is 1. The summed E-state index contributed by atoms with van der Waals surface area (Å²) in [6.45, 7) is 19.2. The summed E-state index contributed by atoms with van der Waals surface area (Å²) in [5.74, 6) is -2.31. The second-order valence-corrected chi connectivity index (χ2v) is 24.2. The molecule has 2 saturated heterocycles. The quantitative estimate of drug-likeness (QED) is 0.202. The Labute approximate surface area is 353 Å². The van der Waals surface area contributed by atoms with Crippen LogP contribution in [-0.4, -0.2) is 101 Å². The van der Waals surface area contributed by atoms with Crippen molar-refractivity contribution in [2.45, 2.75) is 206 Å². The van der Waals surface area contributed by atoms with Gasteiger partial charge < -0.3 is 20.9 Å². The van der Waals surface area contributed by atoms with E-state index in [-0.39, 0.29) is 57.9 Å². The predicted molar refractivity (Wildman–Crippen MR) is 226 cm³/mol. The molecule has 14 heteroatoms. The molecule has 4 N–H and O–H groups in total. The fourth-order valence-electron chi connectivity index (χ4n) is 12.5. The van der Waals surface area contributed by atoms with Gasteiger partial charge in [0.2, 0.25) is 33.7 Å². The number of rotatable bonds is 13. The lowest BCUT2D eigenvalue weighted by Gasteiger charge is -2.40. The second kappa shape index (κ2) is 15.3. The molecule has 2 heterocycles.